The van der Waals surface area contributed by atoms with Crippen molar-refractivity contribution in [2.75, 3.05) is 11.5 Å². The quantitative estimate of drug-likeness (QED) is 0.650. The van der Waals surface area contributed by atoms with Crippen LogP contribution in [0.25, 0.3) is 0 Å². The van der Waals surface area contributed by atoms with E-state index in [1.54, 1.807) is 0 Å². The summed E-state index contributed by atoms with van der Waals surface area (Å²) in [7, 11) is 0. The van der Waals surface area contributed by atoms with Gasteiger partial charge in [-0.1, -0.05) is 0 Å². The maximum absolute atomic E-state index is 11.5. The molecule has 2 unspecified atom stereocenters. The SMILES string of the molecule is O=C1CCCSC1C1CCCS1. The number of carbonyl (C=O) groups excluding carboxylic acids is 1. The third kappa shape index (κ3) is 1.82. The molecule has 0 N–H and O–H groups in total. The molecule has 2 heterocycles. The zero-order chi connectivity index (χ0) is 8.39. The van der Waals surface area contributed by atoms with E-state index in [-0.39, 0.29) is 0 Å². The van der Waals surface area contributed by atoms with Crippen LogP contribution in [0, 0.1) is 0 Å². The molecule has 2 fully saturated rings. The second kappa shape index (κ2) is 4.05. The average Bonchev–Trinajstić information content (AvgIpc) is 2.57. The van der Waals surface area contributed by atoms with E-state index in [0.717, 1.165) is 12.8 Å². The summed E-state index contributed by atoms with van der Waals surface area (Å²) in [6, 6.07) is 0. The fraction of sp³-hybridized carbons (Fsp3) is 0.889. The molecular weight excluding hydrogens is 188 g/mol. The Morgan fingerprint density at radius 3 is 2.67 bits per heavy atom. The Bertz CT molecular complexity index is 175. The van der Waals surface area contributed by atoms with Crippen LogP contribution >= 0.6 is 23.5 Å². The Hall–Kier alpha value is 0.370. The number of hydrogen-bond acceptors (Lipinski definition) is 3. The Labute approximate surface area is 82.1 Å². The van der Waals surface area contributed by atoms with E-state index in [1.165, 1.54) is 24.3 Å². The van der Waals surface area contributed by atoms with Gasteiger partial charge in [0.15, 0.2) is 0 Å². The summed E-state index contributed by atoms with van der Waals surface area (Å²) in [5.74, 6) is 2.99. The van der Waals surface area contributed by atoms with Gasteiger partial charge in [-0.25, -0.2) is 0 Å². The van der Waals surface area contributed by atoms with Gasteiger partial charge in [0.25, 0.3) is 0 Å². The van der Waals surface area contributed by atoms with Gasteiger partial charge in [-0.05, 0) is 30.8 Å². The standard InChI is InChI=1S/C9H14OS2/c10-7-3-1-6-12-9(7)8-4-2-5-11-8/h8-9H,1-6H2. The molecule has 0 aliphatic carbocycles. The Morgan fingerprint density at radius 1 is 1.17 bits per heavy atom. The van der Waals surface area contributed by atoms with Gasteiger partial charge in [-0.15, -0.1) is 11.8 Å². The molecular formula is C9H14OS2. The van der Waals surface area contributed by atoms with Gasteiger partial charge in [-0.3, -0.25) is 4.79 Å². The van der Waals surface area contributed by atoms with Crippen LogP contribution in [0.4, 0.5) is 0 Å². The van der Waals surface area contributed by atoms with Crippen LogP contribution < -0.4 is 0 Å². The van der Waals surface area contributed by atoms with Crippen LogP contribution in [0.3, 0.4) is 0 Å². The minimum absolute atomic E-state index is 0.353. The lowest BCUT2D eigenvalue weighted by molar-refractivity contribution is -0.118. The van der Waals surface area contributed by atoms with E-state index >= 15 is 0 Å². The first kappa shape index (κ1) is 8.95. The van der Waals surface area contributed by atoms with Gasteiger partial charge in [0.1, 0.15) is 5.78 Å². The van der Waals surface area contributed by atoms with Crippen LogP contribution in [0.15, 0.2) is 0 Å². The topological polar surface area (TPSA) is 17.1 Å². The smallest absolute Gasteiger partial charge is 0.146 e. The van der Waals surface area contributed by atoms with Gasteiger partial charge >= 0.3 is 0 Å². The zero-order valence-corrected chi connectivity index (χ0v) is 8.76. The highest BCUT2D eigenvalue weighted by atomic mass is 32.2. The van der Waals surface area contributed by atoms with Crippen LogP contribution in [-0.2, 0) is 4.79 Å². The maximum atomic E-state index is 11.5. The molecule has 3 heteroatoms. The second-order valence-corrected chi connectivity index (χ2v) is 6.01. The molecule has 2 aliphatic heterocycles. The van der Waals surface area contributed by atoms with Gasteiger partial charge in [-0.2, -0.15) is 11.8 Å². The highest BCUT2D eigenvalue weighted by Gasteiger charge is 2.32. The molecule has 12 heavy (non-hydrogen) atoms. The van der Waals surface area contributed by atoms with Crippen LogP contribution in [0.2, 0.25) is 0 Å². The second-order valence-electron chi connectivity index (χ2n) is 3.41. The zero-order valence-electron chi connectivity index (χ0n) is 7.12. The van der Waals surface area contributed by atoms with Crippen molar-refractivity contribution in [3.63, 3.8) is 0 Å². The van der Waals surface area contributed by atoms with Gasteiger partial charge in [0, 0.05) is 11.7 Å². The lowest BCUT2D eigenvalue weighted by atomic mass is 10.1. The summed E-state index contributed by atoms with van der Waals surface area (Å²) in [6.07, 6.45) is 4.54. The van der Waals surface area contributed by atoms with Crippen molar-refractivity contribution in [2.24, 2.45) is 0 Å². The van der Waals surface area contributed by atoms with E-state index in [4.69, 9.17) is 0 Å². The molecule has 1 nitrogen and oxygen atoms in total. The number of ketones is 1. The molecule has 2 aliphatic rings. The highest BCUT2D eigenvalue weighted by molar-refractivity contribution is 8.04. The number of Topliss-reactive ketones (excluding diaryl/α,β-unsaturated/α-hetero) is 1. The van der Waals surface area contributed by atoms with Crippen molar-refractivity contribution >= 4 is 29.3 Å². The minimum atomic E-state index is 0.353. The fourth-order valence-electron chi connectivity index (χ4n) is 1.85. The largest absolute Gasteiger partial charge is 0.298 e. The fourth-order valence-corrected chi connectivity index (χ4v) is 4.83. The van der Waals surface area contributed by atoms with Crippen LogP contribution in [-0.4, -0.2) is 27.8 Å². The Kier molecular flexibility index (Phi) is 3.02. The minimum Gasteiger partial charge on any atom is -0.298 e. The summed E-state index contributed by atoms with van der Waals surface area (Å²) in [5.41, 5.74) is 0. The summed E-state index contributed by atoms with van der Waals surface area (Å²) >= 11 is 3.91. The average molecular weight is 202 g/mol. The summed E-state index contributed by atoms with van der Waals surface area (Å²) in [4.78, 5) is 11.5. The molecule has 68 valence electrons. The Morgan fingerprint density at radius 2 is 2.00 bits per heavy atom. The summed E-state index contributed by atoms with van der Waals surface area (Å²) in [5, 5.41) is 1.01. The summed E-state index contributed by atoms with van der Waals surface area (Å²) < 4.78 is 0. The molecule has 2 rings (SSSR count). The molecule has 0 radical (unpaired) electrons. The normalized spacial score (nSPS) is 37.2. The molecule has 0 amide bonds. The van der Waals surface area contributed by atoms with E-state index < -0.39 is 0 Å². The van der Waals surface area contributed by atoms with Gasteiger partial charge in [0.05, 0.1) is 5.25 Å². The molecule has 2 saturated heterocycles. The van der Waals surface area contributed by atoms with E-state index in [9.17, 15) is 4.79 Å². The lowest BCUT2D eigenvalue weighted by Crippen LogP contribution is -2.30. The monoisotopic (exact) mass is 202 g/mol. The van der Waals surface area contributed by atoms with Gasteiger partial charge in [0.2, 0.25) is 0 Å². The first-order valence-corrected chi connectivity index (χ1v) is 6.73. The molecule has 0 spiro atoms. The predicted molar refractivity (Wildman–Crippen MR) is 56.0 cm³/mol. The van der Waals surface area contributed by atoms with Crippen LogP contribution in [0.1, 0.15) is 25.7 Å². The molecule has 0 aromatic carbocycles. The van der Waals surface area contributed by atoms with E-state index in [1.807, 2.05) is 23.5 Å². The van der Waals surface area contributed by atoms with Crippen molar-refractivity contribution in [3.8, 4) is 0 Å². The molecule has 2 atom stereocenters. The van der Waals surface area contributed by atoms with Crippen molar-refractivity contribution in [2.45, 2.75) is 36.2 Å². The molecule has 0 aromatic heterocycles. The number of rotatable bonds is 1. The molecule has 0 aromatic rings. The third-order valence-corrected chi connectivity index (χ3v) is 5.59. The van der Waals surface area contributed by atoms with Crippen LogP contribution in [0.5, 0.6) is 0 Å². The maximum Gasteiger partial charge on any atom is 0.146 e. The van der Waals surface area contributed by atoms with E-state index in [2.05, 4.69) is 0 Å². The number of carbonyl (C=O) groups is 1. The molecule has 0 bridgehead atoms. The van der Waals surface area contributed by atoms with Crippen molar-refractivity contribution < 1.29 is 4.79 Å². The Balaban J connectivity index is 1.95. The molecule has 0 saturated carbocycles. The predicted octanol–water partition coefficient (Wildman–Crippen LogP) is 2.35. The first-order chi connectivity index (χ1) is 5.88. The van der Waals surface area contributed by atoms with Crippen molar-refractivity contribution in [1.29, 1.82) is 0 Å². The lowest BCUT2D eigenvalue weighted by Gasteiger charge is -2.24. The third-order valence-electron chi connectivity index (χ3n) is 2.48. The number of thioether (sulfide) groups is 2. The van der Waals surface area contributed by atoms with Crippen molar-refractivity contribution in [3.05, 3.63) is 0 Å². The number of hydrogen-bond donors (Lipinski definition) is 0. The van der Waals surface area contributed by atoms with E-state index in [0.29, 0.717) is 16.3 Å². The first-order valence-electron chi connectivity index (χ1n) is 4.64. The highest BCUT2D eigenvalue weighted by Crippen LogP contribution is 2.37. The van der Waals surface area contributed by atoms with Gasteiger partial charge < -0.3 is 0 Å². The summed E-state index contributed by atoms with van der Waals surface area (Å²) in [6.45, 7) is 0. The van der Waals surface area contributed by atoms with Crippen molar-refractivity contribution in [1.82, 2.24) is 0 Å².